The van der Waals surface area contributed by atoms with Gasteiger partial charge in [-0.2, -0.15) is 13.2 Å². The molecular formula is C30H31Cl3F3N3O4S. The second kappa shape index (κ2) is 14.4. The predicted molar refractivity (Wildman–Crippen MR) is 167 cm³/mol. The SMILES string of the molecule is CC[C@H](C)NC(=O)[C@@H](C)N(Cc1ccc(Cl)c(Cl)c1)C(=O)CN(c1ccc(Cl)c(C(F)(F)F)c1)S(=O)(=O)c1ccc(C)cc1. The second-order valence-electron chi connectivity index (χ2n) is 10.3. The maximum Gasteiger partial charge on any atom is 0.417 e. The minimum Gasteiger partial charge on any atom is -0.352 e. The number of carbonyl (C=O) groups excluding carboxylic acids is 2. The summed E-state index contributed by atoms with van der Waals surface area (Å²) in [6.07, 6.45) is -4.29. The molecule has 14 heteroatoms. The van der Waals surface area contributed by atoms with Crippen molar-refractivity contribution in [3.63, 3.8) is 0 Å². The van der Waals surface area contributed by atoms with Crippen molar-refractivity contribution in [1.82, 2.24) is 10.2 Å². The van der Waals surface area contributed by atoms with Gasteiger partial charge in [-0.15, -0.1) is 0 Å². The lowest BCUT2D eigenvalue weighted by atomic mass is 10.1. The summed E-state index contributed by atoms with van der Waals surface area (Å²) in [6, 6.07) is 11.5. The van der Waals surface area contributed by atoms with Crippen molar-refractivity contribution in [2.45, 2.75) is 63.8 Å². The summed E-state index contributed by atoms with van der Waals surface area (Å²) in [6.45, 7) is 5.73. The standard InChI is InChI=1S/C30H31Cl3F3N3O4S/c1-5-19(3)37-29(41)20(4)38(16-21-8-12-26(32)27(33)14-21)28(40)17-39(44(42,43)23-10-6-18(2)7-11-23)22-9-13-25(31)24(15-22)30(34,35)36/h6-15,19-20H,5,16-17H2,1-4H3,(H,37,41)/t19-,20+/m0/s1. The first kappa shape index (κ1) is 35.5. The van der Waals surface area contributed by atoms with E-state index in [1.54, 1.807) is 19.9 Å². The summed E-state index contributed by atoms with van der Waals surface area (Å²) < 4.78 is 69.7. The molecule has 0 aliphatic rings. The predicted octanol–water partition coefficient (Wildman–Crippen LogP) is 7.50. The van der Waals surface area contributed by atoms with Gasteiger partial charge in [0.15, 0.2) is 0 Å². The Morgan fingerprint density at radius 2 is 1.52 bits per heavy atom. The molecule has 0 bridgehead atoms. The van der Waals surface area contributed by atoms with Crippen LogP contribution in [0, 0.1) is 6.92 Å². The van der Waals surface area contributed by atoms with Crippen LogP contribution in [0.25, 0.3) is 0 Å². The molecule has 0 radical (unpaired) electrons. The molecule has 0 heterocycles. The van der Waals surface area contributed by atoms with Crippen LogP contribution in [0.4, 0.5) is 18.9 Å². The summed E-state index contributed by atoms with van der Waals surface area (Å²) >= 11 is 18.0. The highest BCUT2D eigenvalue weighted by Crippen LogP contribution is 2.38. The fourth-order valence-electron chi connectivity index (χ4n) is 4.13. The number of halogens is 6. The zero-order chi connectivity index (χ0) is 33.0. The molecular weight excluding hydrogens is 662 g/mol. The first-order chi connectivity index (χ1) is 20.4. The lowest BCUT2D eigenvalue weighted by Crippen LogP contribution is -2.52. The molecule has 3 aromatic carbocycles. The molecule has 0 saturated heterocycles. The monoisotopic (exact) mass is 691 g/mol. The van der Waals surface area contributed by atoms with E-state index in [9.17, 15) is 31.2 Å². The van der Waals surface area contributed by atoms with Gasteiger partial charge in [0.2, 0.25) is 11.8 Å². The van der Waals surface area contributed by atoms with Crippen molar-refractivity contribution in [3.05, 3.63) is 92.4 Å². The van der Waals surface area contributed by atoms with Crippen LogP contribution >= 0.6 is 34.8 Å². The number of amides is 2. The average molecular weight is 693 g/mol. The quantitative estimate of drug-likeness (QED) is 0.226. The van der Waals surface area contributed by atoms with Crippen LogP contribution in [-0.4, -0.2) is 43.8 Å². The fraction of sp³-hybridized carbons (Fsp3) is 0.333. The van der Waals surface area contributed by atoms with Crippen molar-refractivity contribution in [2.24, 2.45) is 0 Å². The topological polar surface area (TPSA) is 86.8 Å². The Balaban J connectivity index is 2.13. The highest BCUT2D eigenvalue weighted by molar-refractivity contribution is 7.92. The van der Waals surface area contributed by atoms with Gasteiger partial charge in [-0.1, -0.05) is 65.5 Å². The molecule has 238 valence electrons. The molecule has 7 nitrogen and oxygen atoms in total. The molecule has 0 fully saturated rings. The molecule has 0 aliphatic heterocycles. The van der Waals surface area contributed by atoms with Crippen molar-refractivity contribution >= 4 is 62.3 Å². The van der Waals surface area contributed by atoms with Gasteiger partial charge >= 0.3 is 6.18 Å². The first-order valence-electron chi connectivity index (χ1n) is 13.5. The number of sulfonamides is 1. The molecule has 3 rings (SSSR count). The highest BCUT2D eigenvalue weighted by atomic mass is 35.5. The Morgan fingerprint density at radius 3 is 2.09 bits per heavy atom. The number of anilines is 1. The third kappa shape index (κ3) is 8.59. The molecule has 0 unspecified atom stereocenters. The number of aryl methyl sites for hydroxylation is 1. The number of hydrogen-bond acceptors (Lipinski definition) is 4. The zero-order valence-electron chi connectivity index (χ0n) is 24.3. The maximum absolute atomic E-state index is 14.0. The molecule has 0 aliphatic carbocycles. The number of rotatable bonds is 11. The number of benzene rings is 3. The van der Waals surface area contributed by atoms with Crippen LogP contribution in [0.15, 0.2) is 65.6 Å². The normalized spacial score (nSPS) is 13.2. The number of hydrogen-bond donors (Lipinski definition) is 1. The fourth-order valence-corrected chi connectivity index (χ4v) is 6.09. The maximum atomic E-state index is 14.0. The molecule has 1 N–H and O–H groups in total. The zero-order valence-corrected chi connectivity index (χ0v) is 27.3. The Morgan fingerprint density at radius 1 is 0.909 bits per heavy atom. The summed E-state index contributed by atoms with van der Waals surface area (Å²) in [4.78, 5) is 28.0. The molecule has 2 amide bonds. The highest BCUT2D eigenvalue weighted by Gasteiger charge is 2.37. The number of nitrogens with zero attached hydrogens (tertiary/aromatic N) is 2. The van der Waals surface area contributed by atoms with E-state index in [4.69, 9.17) is 34.8 Å². The number of alkyl halides is 3. The van der Waals surface area contributed by atoms with E-state index in [1.165, 1.54) is 43.3 Å². The van der Waals surface area contributed by atoms with Crippen LogP contribution in [0.5, 0.6) is 0 Å². The molecule has 2 atom stereocenters. The van der Waals surface area contributed by atoms with E-state index in [0.29, 0.717) is 22.4 Å². The summed E-state index contributed by atoms with van der Waals surface area (Å²) in [7, 11) is -4.59. The van der Waals surface area contributed by atoms with Crippen molar-refractivity contribution < 1.29 is 31.2 Å². The lowest BCUT2D eigenvalue weighted by Gasteiger charge is -2.32. The second-order valence-corrected chi connectivity index (χ2v) is 13.3. The van der Waals surface area contributed by atoms with E-state index in [-0.39, 0.29) is 27.5 Å². The minimum absolute atomic E-state index is 0.183. The summed E-state index contributed by atoms with van der Waals surface area (Å²) in [5, 5.41) is 2.61. The van der Waals surface area contributed by atoms with E-state index in [1.807, 2.05) is 6.92 Å². The molecule has 0 spiro atoms. The Bertz CT molecular complexity index is 1620. The van der Waals surface area contributed by atoms with Gasteiger partial charge in [-0.3, -0.25) is 13.9 Å². The van der Waals surface area contributed by atoms with E-state index < -0.39 is 56.9 Å². The Kier molecular flexibility index (Phi) is 11.6. The van der Waals surface area contributed by atoms with E-state index in [2.05, 4.69) is 5.32 Å². The van der Waals surface area contributed by atoms with Crippen molar-refractivity contribution in [2.75, 3.05) is 10.8 Å². The van der Waals surface area contributed by atoms with E-state index >= 15 is 0 Å². The van der Waals surface area contributed by atoms with Gasteiger partial charge in [0, 0.05) is 12.6 Å². The number of nitrogens with one attached hydrogen (secondary N) is 1. The van der Waals surface area contributed by atoms with Gasteiger partial charge < -0.3 is 10.2 Å². The van der Waals surface area contributed by atoms with Gasteiger partial charge in [0.05, 0.1) is 31.2 Å². The minimum atomic E-state index is -4.90. The van der Waals surface area contributed by atoms with Crippen LogP contribution in [0.3, 0.4) is 0 Å². The first-order valence-corrected chi connectivity index (χ1v) is 16.0. The largest absolute Gasteiger partial charge is 0.417 e. The average Bonchev–Trinajstić information content (AvgIpc) is 2.95. The molecule has 3 aromatic rings. The molecule has 0 aromatic heterocycles. The third-order valence-electron chi connectivity index (χ3n) is 6.94. The Labute approximate surface area is 269 Å². The molecule has 0 saturated carbocycles. The third-order valence-corrected chi connectivity index (χ3v) is 9.79. The number of carbonyl (C=O) groups is 2. The van der Waals surface area contributed by atoms with E-state index in [0.717, 1.165) is 22.6 Å². The van der Waals surface area contributed by atoms with Crippen molar-refractivity contribution in [3.8, 4) is 0 Å². The van der Waals surface area contributed by atoms with Gasteiger partial charge in [0.1, 0.15) is 12.6 Å². The Hall–Kier alpha value is -2.99. The molecule has 44 heavy (non-hydrogen) atoms. The van der Waals surface area contributed by atoms with Crippen molar-refractivity contribution in [1.29, 1.82) is 0 Å². The summed E-state index contributed by atoms with van der Waals surface area (Å²) in [5.41, 5.74) is -0.495. The van der Waals surface area contributed by atoms with Crippen LogP contribution in [-0.2, 0) is 32.3 Å². The van der Waals surface area contributed by atoms with Gasteiger partial charge in [-0.25, -0.2) is 8.42 Å². The smallest absolute Gasteiger partial charge is 0.352 e. The van der Waals surface area contributed by atoms with Gasteiger partial charge in [0.25, 0.3) is 10.0 Å². The lowest BCUT2D eigenvalue weighted by molar-refractivity contribution is -0.139. The van der Waals surface area contributed by atoms with Gasteiger partial charge in [-0.05, 0) is 75.2 Å². The van der Waals surface area contributed by atoms with Crippen LogP contribution in [0.2, 0.25) is 15.1 Å². The summed E-state index contributed by atoms with van der Waals surface area (Å²) in [5.74, 6) is -1.37. The van der Waals surface area contributed by atoms with Crippen LogP contribution in [0.1, 0.15) is 43.9 Å². The van der Waals surface area contributed by atoms with Crippen LogP contribution < -0.4 is 9.62 Å².